The van der Waals surface area contributed by atoms with Crippen molar-refractivity contribution in [1.82, 2.24) is 15.2 Å². The highest BCUT2D eigenvalue weighted by molar-refractivity contribution is 7.11. The minimum atomic E-state index is -0.185. The number of carbonyl (C=O) groups excluding carboxylic acids is 2. The zero-order valence-electron chi connectivity index (χ0n) is 12.6. The molecule has 1 fully saturated rings. The summed E-state index contributed by atoms with van der Waals surface area (Å²) in [7, 11) is 0. The first-order valence-corrected chi connectivity index (χ1v) is 7.96. The van der Waals surface area contributed by atoms with E-state index in [4.69, 9.17) is 4.74 Å². The first-order valence-electron chi connectivity index (χ1n) is 7.08. The molecule has 2 amide bonds. The van der Waals surface area contributed by atoms with E-state index in [0.29, 0.717) is 37.2 Å². The van der Waals surface area contributed by atoms with Gasteiger partial charge in [0, 0.05) is 31.9 Å². The van der Waals surface area contributed by atoms with Crippen LogP contribution in [-0.4, -0.2) is 54.0 Å². The van der Waals surface area contributed by atoms with E-state index in [9.17, 15) is 9.59 Å². The fourth-order valence-corrected chi connectivity index (χ4v) is 2.96. The molecule has 1 saturated heterocycles. The summed E-state index contributed by atoms with van der Waals surface area (Å²) in [5, 5.41) is 5.21. The number of nitrogens with zero attached hydrogens (tertiary/aromatic N) is 2. The predicted octanol–water partition coefficient (Wildman–Crippen LogP) is 1.24. The Morgan fingerprint density at radius 3 is 2.95 bits per heavy atom. The first-order chi connectivity index (χ1) is 9.97. The lowest BCUT2D eigenvalue weighted by molar-refractivity contribution is -0.136. The molecular weight excluding hydrogens is 290 g/mol. The largest absolute Gasteiger partial charge is 0.373 e. The van der Waals surface area contributed by atoms with Crippen LogP contribution in [0.4, 0.5) is 0 Å². The quantitative estimate of drug-likeness (QED) is 0.908. The van der Waals surface area contributed by atoms with Crippen molar-refractivity contribution in [2.24, 2.45) is 0 Å². The zero-order valence-corrected chi connectivity index (χ0v) is 13.4. The molecule has 1 aliphatic heterocycles. The molecule has 7 heteroatoms. The Kier molecular flexibility index (Phi) is 5.30. The number of thiazole rings is 1. The van der Waals surface area contributed by atoms with Crippen LogP contribution in [0.3, 0.4) is 0 Å². The van der Waals surface area contributed by atoms with Crippen molar-refractivity contribution in [3.8, 4) is 0 Å². The molecule has 0 aromatic carbocycles. The van der Waals surface area contributed by atoms with Gasteiger partial charge in [-0.15, -0.1) is 11.3 Å². The molecule has 0 spiro atoms. The molecule has 0 radical (unpaired) electrons. The number of rotatable bonds is 4. The summed E-state index contributed by atoms with van der Waals surface area (Å²) in [4.78, 5) is 29.4. The molecule has 0 aliphatic carbocycles. The molecule has 116 valence electrons. The zero-order chi connectivity index (χ0) is 15.4. The number of carbonyl (C=O) groups is 2. The third kappa shape index (κ3) is 4.25. The molecule has 1 atom stereocenters. The fourth-order valence-electron chi connectivity index (χ4n) is 2.07. The van der Waals surface area contributed by atoms with Crippen LogP contribution in [0.5, 0.6) is 0 Å². The summed E-state index contributed by atoms with van der Waals surface area (Å²) in [6, 6.07) is 0. The third-order valence-electron chi connectivity index (χ3n) is 3.38. The fraction of sp³-hybridized carbons (Fsp3) is 0.643. The van der Waals surface area contributed by atoms with Crippen molar-refractivity contribution in [3.63, 3.8) is 0 Å². The van der Waals surface area contributed by atoms with Crippen molar-refractivity contribution in [2.75, 3.05) is 26.2 Å². The van der Waals surface area contributed by atoms with Crippen LogP contribution in [-0.2, 0) is 9.53 Å². The van der Waals surface area contributed by atoms with Crippen LogP contribution < -0.4 is 5.32 Å². The Morgan fingerprint density at radius 2 is 2.33 bits per heavy atom. The molecule has 0 unspecified atom stereocenters. The van der Waals surface area contributed by atoms with Gasteiger partial charge in [0.1, 0.15) is 0 Å². The number of hydrogen-bond donors (Lipinski definition) is 1. The molecule has 2 heterocycles. The second kappa shape index (κ2) is 7.00. The summed E-state index contributed by atoms with van der Waals surface area (Å²) < 4.78 is 5.56. The van der Waals surface area contributed by atoms with Gasteiger partial charge in [-0.1, -0.05) is 13.8 Å². The maximum atomic E-state index is 12.0. The topological polar surface area (TPSA) is 71.5 Å². The van der Waals surface area contributed by atoms with E-state index >= 15 is 0 Å². The van der Waals surface area contributed by atoms with E-state index in [0.717, 1.165) is 5.69 Å². The van der Waals surface area contributed by atoms with Gasteiger partial charge in [0.25, 0.3) is 5.91 Å². The average molecular weight is 311 g/mol. The Balaban J connectivity index is 1.84. The molecule has 0 bridgehead atoms. The van der Waals surface area contributed by atoms with E-state index in [2.05, 4.69) is 10.3 Å². The highest BCUT2D eigenvalue weighted by Crippen LogP contribution is 2.17. The van der Waals surface area contributed by atoms with Gasteiger partial charge in [-0.05, 0) is 5.92 Å². The standard InChI is InChI=1S/C14H21N3O3S/c1-9(2)12-8-21-14(16-12)13(19)15-6-11-7-17(10(3)18)4-5-20-11/h8-9,11H,4-7H2,1-3H3,(H,15,19)/t11-/m0/s1. The van der Waals surface area contributed by atoms with Crippen molar-refractivity contribution < 1.29 is 14.3 Å². The van der Waals surface area contributed by atoms with Crippen LogP contribution >= 0.6 is 11.3 Å². The van der Waals surface area contributed by atoms with E-state index < -0.39 is 0 Å². The monoisotopic (exact) mass is 311 g/mol. The van der Waals surface area contributed by atoms with Gasteiger partial charge in [0.15, 0.2) is 5.01 Å². The summed E-state index contributed by atoms with van der Waals surface area (Å²) in [5.74, 6) is 0.167. The maximum absolute atomic E-state index is 12.0. The summed E-state index contributed by atoms with van der Waals surface area (Å²) in [5.41, 5.74) is 0.932. The van der Waals surface area contributed by atoms with Gasteiger partial charge in [-0.3, -0.25) is 9.59 Å². The number of ether oxygens (including phenoxy) is 1. The maximum Gasteiger partial charge on any atom is 0.280 e. The number of amides is 2. The normalized spacial score (nSPS) is 18.9. The number of nitrogens with one attached hydrogen (secondary N) is 1. The van der Waals surface area contributed by atoms with Gasteiger partial charge >= 0.3 is 0 Å². The van der Waals surface area contributed by atoms with Gasteiger partial charge in [-0.25, -0.2) is 4.98 Å². The van der Waals surface area contributed by atoms with Crippen LogP contribution in [0.2, 0.25) is 0 Å². The average Bonchev–Trinajstić information content (AvgIpc) is 2.95. The van der Waals surface area contributed by atoms with E-state index in [-0.39, 0.29) is 17.9 Å². The lowest BCUT2D eigenvalue weighted by Gasteiger charge is -2.32. The molecule has 1 aliphatic rings. The third-order valence-corrected chi connectivity index (χ3v) is 4.24. The molecule has 1 aromatic rings. The first kappa shape index (κ1) is 15.9. The van der Waals surface area contributed by atoms with Crippen LogP contribution in [0.25, 0.3) is 0 Å². The lowest BCUT2D eigenvalue weighted by Crippen LogP contribution is -2.49. The van der Waals surface area contributed by atoms with Gasteiger partial charge in [-0.2, -0.15) is 0 Å². The molecular formula is C14H21N3O3S. The van der Waals surface area contributed by atoms with Crippen molar-refractivity contribution in [2.45, 2.75) is 32.8 Å². The molecule has 1 N–H and O–H groups in total. The smallest absolute Gasteiger partial charge is 0.280 e. The SMILES string of the molecule is CC(=O)N1CCO[C@@H](CNC(=O)c2nc(C(C)C)cs2)C1. The van der Waals surface area contributed by atoms with Gasteiger partial charge in [0.05, 0.1) is 18.4 Å². The summed E-state index contributed by atoms with van der Waals surface area (Å²) in [6.45, 7) is 7.67. The second-order valence-corrected chi connectivity index (χ2v) is 6.26. The van der Waals surface area contributed by atoms with Crippen LogP contribution in [0.15, 0.2) is 5.38 Å². The molecule has 6 nitrogen and oxygen atoms in total. The Hall–Kier alpha value is -1.47. The van der Waals surface area contributed by atoms with Crippen LogP contribution in [0, 0.1) is 0 Å². The van der Waals surface area contributed by atoms with Crippen molar-refractivity contribution >= 4 is 23.2 Å². The van der Waals surface area contributed by atoms with Gasteiger partial charge < -0.3 is 15.0 Å². The van der Waals surface area contributed by atoms with E-state index in [1.807, 2.05) is 19.2 Å². The van der Waals surface area contributed by atoms with E-state index in [1.54, 1.807) is 11.8 Å². The Bertz CT molecular complexity index is 515. The Morgan fingerprint density at radius 1 is 1.57 bits per heavy atom. The lowest BCUT2D eigenvalue weighted by atomic mass is 10.2. The highest BCUT2D eigenvalue weighted by Gasteiger charge is 2.23. The summed E-state index contributed by atoms with van der Waals surface area (Å²) in [6.07, 6.45) is -0.156. The molecule has 21 heavy (non-hydrogen) atoms. The number of morpholine rings is 1. The minimum Gasteiger partial charge on any atom is -0.373 e. The minimum absolute atomic E-state index is 0.0381. The predicted molar refractivity (Wildman–Crippen MR) is 80.5 cm³/mol. The molecule has 1 aromatic heterocycles. The van der Waals surface area contributed by atoms with Crippen molar-refractivity contribution in [3.05, 3.63) is 16.1 Å². The Labute approximate surface area is 128 Å². The highest BCUT2D eigenvalue weighted by atomic mass is 32.1. The number of aromatic nitrogens is 1. The molecule has 0 saturated carbocycles. The summed E-state index contributed by atoms with van der Waals surface area (Å²) >= 11 is 1.35. The van der Waals surface area contributed by atoms with Gasteiger partial charge in [0.2, 0.25) is 5.91 Å². The number of hydrogen-bond acceptors (Lipinski definition) is 5. The second-order valence-electron chi connectivity index (χ2n) is 5.40. The molecule has 2 rings (SSSR count). The van der Waals surface area contributed by atoms with Crippen LogP contribution in [0.1, 0.15) is 42.2 Å². The van der Waals surface area contributed by atoms with Crippen molar-refractivity contribution in [1.29, 1.82) is 0 Å². The van der Waals surface area contributed by atoms with E-state index in [1.165, 1.54) is 11.3 Å².